The first-order valence-electron chi connectivity index (χ1n) is 8.53. The van der Waals surface area contributed by atoms with Crippen LogP contribution in [0, 0.1) is 0 Å². The standard InChI is InChI=1S/C18H24O5S2/c1-11-22-9-15(23-11)17(19)8-12-13(20-2)4-5-14(21-3)16(12)18(10-17)24-6-7-25-18/h4-5,11,15,19H,6-10H2,1-3H3. The fourth-order valence-electron chi connectivity index (χ4n) is 4.17. The summed E-state index contributed by atoms with van der Waals surface area (Å²) < 4.78 is 22.5. The molecular weight excluding hydrogens is 360 g/mol. The van der Waals surface area contributed by atoms with E-state index in [-0.39, 0.29) is 16.5 Å². The third-order valence-electron chi connectivity index (χ3n) is 5.27. The number of benzene rings is 1. The average molecular weight is 385 g/mol. The van der Waals surface area contributed by atoms with Gasteiger partial charge >= 0.3 is 0 Å². The highest BCUT2D eigenvalue weighted by atomic mass is 32.2. The zero-order valence-electron chi connectivity index (χ0n) is 14.7. The molecule has 1 aromatic carbocycles. The number of aliphatic hydroxyl groups is 1. The summed E-state index contributed by atoms with van der Waals surface area (Å²) in [6.45, 7) is 2.29. The number of ether oxygens (including phenoxy) is 4. The molecule has 0 saturated carbocycles. The van der Waals surface area contributed by atoms with Crippen molar-refractivity contribution in [1.82, 2.24) is 0 Å². The van der Waals surface area contributed by atoms with E-state index < -0.39 is 5.60 Å². The molecule has 7 heteroatoms. The number of hydrogen-bond donors (Lipinski definition) is 1. The molecule has 2 aliphatic heterocycles. The predicted octanol–water partition coefficient (Wildman–Crippen LogP) is 2.78. The van der Waals surface area contributed by atoms with E-state index in [1.165, 1.54) is 5.56 Å². The molecule has 2 saturated heterocycles. The number of rotatable bonds is 3. The molecule has 0 aromatic heterocycles. The van der Waals surface area contributed by atoms with Crippen LogP contribution in [0.3, 0.4) is 0 Å². The van der Waals surface area contributed by atoms with Crippen molar-refractivity contribution < 1.29 is 24.1 Å². The summed E-state index contributed by atoms with van der Waals surface area (Å²) in [7, 11) is 3.38. The van der Waals surface area contributed by atoms with E-state index in [0.717, 1.165) is 28.6 Å². The van der Waals surface area contributed by atoms with Crippen molar-refractivity contribution in [1.29, 1.82) is 0 Å². The molecule has 138 valence electrons. The molecule has 0 radical (unpaired) electrons. The Morgan fingerprint density at radius 3 is 2.44 bits per heavy atom. The van der Waals surface area contributed by atoms with Crippen molar-refractivity contribution in [3.05, 3.63) is 23.3 Å². The summed E-state index contributed by atoms with van der Waals surface area (Å²) in [5.41, 5.74) is 1.21. The van der Waals surface area contributed by atoms with Gasteiger partial charge < -0.3 is 24.1 Å². The van der Waals surface area contributed by atoms with Crippen LogP contribution in [0.25, 0.3) is 0 Å². The number of fused-ring (bicyclic) bond motifs is 2. The summed E-state index contributed by atoms with van der Waals surface area (Å²) in [5, 5.41) is 11.6. The Hall–Kier alpha value is -0.600. The Labute approximate surface area is 156 Å². The van der Waals surface area contributed by atoms with E-state index in [1.807, 2.05) is 42.6 Å². The van der Waals surface area contributed by atoms with E-state index in [1.54, 1.807) is 14.2 Å². The fourth-order valence-corrected chi connectivity index (χ4v) is 7.76. The van der Waals surface area contributed by atoms with E-state index in [9.17, 15) is 5.11 Å². The molecule has 1 N–H and O–H groups in total. The smallest absolute Gasteiger partial charge is 0.155 e. The SMILES string of the molecule is COc1ccc(OC)c2c1CC(O)(C1COC(C)O1)CC21SCCS1. The van der Waals surface area contributed by atoms with Crippen molar-refractivity contribution in [2.24, 2.45) is 0 Å². The molecule has 3 aliphatic rings. The minimum atomic E-state index is -0.984. The van der Waals surface area contributed by atoms with Gasteiger partial charge in [0.25, 0.3) is 0 Å². The number of thioether (sulfide) groups is 2. The Bertz CT molecular complexity index is 661. The maximum Gasteiger partial charge on any atom is 0.155 e. The summed E-state index contributed by atoms with van der Waals surface area (Å²) in [5.74, 6) is 3.78. The molecule has 1 spiro atoms. The summed E-state index contributed by atoms with van der Waals surface area (Å²) >= 11 is 3.78. The van der Waals surface area contributed by atoms with E-state index in [2.05, 4.69) is 0 Å². The minimum Gasteiger partial charge on any atom is -0.496 e. The maximum absolute atomic E-state index is 11.6. The first kappa shape index (κ1) is 17.8. The normalized spacial score (nSPS) is 33.4. The van der Waals surface area contributed by atoms with Gasteiger partial charge in [-0.3, -0.25) is 0 Å². The molecule has 1 aliphatic carbocycles. The fraction of sp³-hybridized carbons (Fsp3) is 0.667. The summed E-state index contributed by atoms with van der Waals surface area (Å²) in [6.07, 6.45) is 0.492. The van der Waals surface area contributed by atoms with E-state index >= 15 is 0 Å². The first-order valence-corrected chi connectivity index (χ1v) is 10.5. The van der Waals surface area contributed by atoms with E-state index in [0.29, 0.717) is 19.4 Å². The largest absolute Gasteiger partial charge is 0.496 e. The van der Waals surface area contributed by atoms with Crippen LogP contribution in [0.15, 0.2) is 12.1 Å². The maximum atomic E-state index is 11.6. The lowest BCUT2D eigenvalue weighted by Gasteiger charge is -2.46. The molecule has 2 heterocycles. The van der Waals surface area contributed by atoms with Crippen molar-refractivity contribution in [3.63, 3.8) is 0 Å². The molecule has 3 atom stereocenters. The lowest BCUT2D eigenvalue weighted by molar-refractivity contribution is -0.118. The Kier molecular flexibility index (Phi) is 4.65. The second-order valence-corrected chi connectivity index (χ2v) is 9.80. The number of methoxy groups -OCH3 is 2. The highest BCUT2D eigenvalue weighted by Gasteiger charge is 2.56. The second-order valence-electron chi connectivity index (χ2n) is 6.76. The molecule has 3 unspecified atom stereocenters. The van der Waals surface area contributed by atoms with Crippen LogP contribution in [0.2, 0.25) is 0 Å². The highest BCUT2D eigenvalue weighted by Crippen LogP contribution is 2.63. The minimum absolute atomic E-state index is 0.239. The molecule has 25 heavy (non-hydrogen) atoms. The molecular formula is C18H24O5S2. The summed E-state index contributed by atoms with van der Waals surface area (Å²) in [4.78, 5) is 0. The molecule has 0 bridgehead atoms. The summed E-state index contributed by atoms with van der Waals surface area (Å²) in [6, 6.07) is 3.90. The lowest BCUT2D eigenvalue weighted by Crippen LogP contribution is -2.52. The molecule has 2 fully saturated rings. The van der Waals surface area contributed by atoms with Crippen LogP contribution < -0.4 is 9.47 Å². The van der Waals surface area contributed by atoms with Crippen LogP contribution in [0.1, 0.15) is 24.5 Å². The van der Waals surface area contributed by atoms with Crippen molar-refractivity contribution in [3.8, 4) is 11.5 Å². The van der Waals surface area contributed by atoms with Gasteiger partial charge in [0.2, 0.25) is 0 Å². The van der Waals surface area contributed by atoms with Crippen LogP contribution in [0.4, 0.5) is 0 Å². The molecule has 0 amide bonds. The molecule has 4 rings (SSSR count). The van der Waals surface area contributed by atoms with Gasteiger partial charge in [-0.2, -0.15) is 0 Å². The third kappa shape index (κ3) is 2.84. The zero-order valence-corrected chi connectivity index (χ0v) is 16.4. The Morgan fingerprint density at radius 2 is 1.84 bits per heavy atom. The van der Waals surface area contributed by atoms with Gasteiger partial charge in [-0.15, -0.1) is 23.5 Å². The quantitative estimate of drug-likeness (QED) is 0.860. The van der Waals surface area contributed by atoms with Crippen LogP contribution in [-0.4, -0.2) is 55.4 Å². The van der Waals surface area contributed by atoms with Crippen LogP contribution in [0.5, 0.6) is 11.5 Å². The molecule has 5 nitrogen and oxygen atoms in total. The monoisotopic (exact) mass is 384 g/mol. The molecule has 1 aromatic rings. The average Bonchev–Trinajstić information content (AvgIpc) is 3.24. The lowest BCUT2D eigenvalue weighted by atomic mass is 9.76. The van der Waals surface area contributed by atoms with Crippen LogP contribution in [-0.2, 0) is 20.0 Å². The van der Waals surface area contributed by atoms with Crippen LogP contribution >= 0.6 is 23.5 Å². The van der Waals surface area contributed by atoms with Crippen molar-refractivity contribution in [2.45, 2.75) is 41.8 Å². The van der Waals surface area contributed by atoms with Crippen molar-refractivity contribution >= 4 is 23.5 Å². The zero-order chi connectivity index (χ0) is 17.7. The Balaban J connectivity index is 1.84. The number of hydrogen-bond acceptors (Lipinski definition) is 7. The van der Waals surface area contributed by atoms with E-state index in [4.69, 9.17) is 18.9 Å². The van der Waals surface area contributed by atoms with Gasteiger partial charge in [-0.1, -0.05) is 0 Å². The van der Waals surface area contributed by atoms with Gasteiger partial charge in [0.15, 0.2) is 6.29 Å². The van der Waals surface area contributed by atoms with Gasteiger partial charge in [0.05, 0.1) is 30.5 Å². The topological polar surface area (TPSA) is 57.2 Å². The van der Waals surface area contributed by atoms with Crippen molar-refractivity contribution in [2.75, 3.05) is 32.3 Å². The van der Waals surface area contributed by atoms with Gasteiger partial charge in [0, 0.05) is 35.5 Å². The third-order valence-corrected chi connectivity index (χ3v) is 8.68. The predicted molar refractivity (Wildman–Crippen MR) is 99.7 cm³/mol. The van der Waals surface area contributed by atoms with Gasteiger partial charge in [-0.05, 0) is 19.1 Å². The highest BCUT2D eigenvalue weighted by molar-refractivity contribution is 8.20. The van der Waals surface area contributed by atoms with Gasteiger partial charge in [0.1, 0.15) is 17.6 Å². The van der Waals surface area contributed by atoms with Gasteiger partial charge in [-0.25, -0.2) is 0 Å². The first-order chi connectivity index (χ1) is 12.0. The second kappa shape index (κ2) is 6.53. The Morgan fingerprint density at radius 1 is 1.16 bits per heavy atom.